The lowest BCUT2D eigenvalue weighted by molar-refractivity contribution is 0.563. The monoisotopic (exact) mass is 219 g/mol. The van der Waals surface area contributed by atoms with Gasteiger partial charge in [0, 0.05) is 6.04 Å². The minimum absolute atomic E-state index is 0.110. The molecule has 0 aromatic rings. The van der Waals surface area contributed by atoms with Crippen LogP contribution in [-0.4, -0.2) is 25.5 Å². The second kappa shape index (κ2) is 5.12. The largest absolute Gasteiger partial charge is 0.327 e. The summed E-state index contributed by atoms with van der Waals surface area (Å²) in [6.45, 7) is 2.08. The standard InChI is InChI=1S/C10H21NO2S/c1-2-3-4-8-14(12,13)10-7-5-6-9(10)11/h9-10H,2-8,11H2,1H3. The average Bonchev–Trinajstić information content (AvgIpc) is 2.52. The molecular weight excluding hydrogens is 198 g/mol. The van der Waals surface area contributed by atoms with Crippen LogP contribution in [-0.2, 0) is 9.84 Å². The molecule has 0 radical (unpaired) electrons. The number of hydrogen-bond donors (Lipinski definition) is 1. The second-order valence-electron chi connectivity index (χ2n) is 4.21. The normalized spacial score (nSPS) is 28.1. The Morgan fingerprint density at radius 3 is 2.50 bits per heavy atom. The van der Waals surface area contributed by atoms with E-state index in [1.807, 2.05) is 0 Å². The van der Waals surface area contributed by atoms with Crippen molar-refractivity contribution < 1.29 is 8.42 Å². The van der Waals surface area contributed by atoms with Gasteiger partial charge in [0.2, 0.25) is 0 Å². The summed E-state index contributed by atoms with van der Waals surface area (Å²) in [6, 6.07) is -0.110. The lowest BCUT2D eigenvalue weighted by atomic mass is 10.3. The van der Waals surface area contributed by atoms with Gasteiger partial charge < -0.3 is 5.73 Å². The van der Waals surface area contributed by atoms with Crippen LogP contribution in [0.1, 0.15) is 45.4 Å². The number of hydrogen-bond acceptors (Lipinski definition) is 3. The molecule has 0 aromatic carbocycles. The molecule has 0 spiro atoms. The molecule has 1 rings (SSSR count). The summed E-state index contributed by atoms with van der Waals surface area (Å²) in [5.41, 5.74) is 5.79. The summed E-state index contributed by atoms with van der Waals surface area (Å²) in [5, 5.41) is -0.251. The van der Waals surface area contributed by atoms with Crippen LogP contribution in [0.4, 0.5) is 0 Å². The van der Waals surface area contributed by atoms with Gasteiger partial charge in [-0.3, -0.25) is 0 Å². The molecule has 0 aromatic heterocycles. The van der Waals surface area contributed by atoms with Gasteiger partial charge in [-0.05, 0) is 19.3 Å². The molecule has 0 saturated heterocycles. The average molecular weight is 219 g/mol. The highest BCUT2D eigenvalue weighted by molar-refractivity contribution is 7.92. The predicted molar refractivity (Wildman–Crippen MR) is 58.9 cm³/mol. The Kier molecular flexibility index (Phi) is 4.38. The molecule has 0 aliphatic heterocycles. The lowest BCUT2D eigenvalue weighted by Gasteiger charge is -2.15. The third-order valence-corrected chi connectivity index (χ3v) is 5.36. The molecule has 1 aliphatic rings. The number of rotatable bonds is 5. The Labute approximate surface area is 87.0 Å². The Hall–Kier alpha value is -0.0900. The summed E-state index contributed by atoms with van der Waals surface area (Å²) in [6.07, 6.45) is 5.47. The van der Waals surface area contributed by atoms with Crippen LogP contribution >= 0.6 is 0 Å². The summed E-state index contributed by atoms with van der Waals surface area (Å²) in [5.74, 6) is 0.333. The molecule has 2 unspecified atom stereocenters. The minimum Gasteiger partial charge on any atom is -0.327 e. The van der Waals surface area contributed by atoms with E-state index in [1.165, 1.54) is 0 Å². The second-order valence-corrected chi connectivity index (χ2v) is 6.55. The van der Waals surface area contributed by atoms with Gasteiger partial charge in [0.25, 0.3) is 0 Å². The maximum absolute atomic E-state index is 11.8. The Bertz CT molecular complexity index is 261. The van der Waals surface area contributed by atoms with Crippen molar-refractivity contribution in [1.82, 2.24) is 0 Å². The highest BCUT2D eigenvalue weighted by Crippen LogP contribution is 2.25. The molecule has 1 saturated carbocycles. The molecule has 1 aliphatic carbocycles. The maximum Gasteiger partial charge on any atom is 0.154 e. The van der Waals surface area contributed by atoms with Crippen molar-refractivity contribution in [3.8, 4) is 0 Å². The molecular formula is C10H21NO2S. The minimum atomic E-state index is -2.91. The van der Waals surface area contributed by atoms with Crippen LogP contribution in [0.15, 0.2) is 0 Å². The maximum atomic E-state index is 11.8. The van der Waals surface area contributed by atoms with E-state index in [2.05, 4.69) is 6.92 Å². The number of nitrogens with two attached hydrogens (primary N) is 1. The predicted octanol–water partition coefficient (Wildman–Crippen LogP) is 1.47. The van der Waals surface area contributed by atoms with Gasteiger partial charge in [-0.15, -0.1) is 0 Å². The topological polar surface area (TPSA) is 60.2 Å². The Morgan fingerprint density at radius 1 is 1.29 bits per heavy atom. The van der Waals surface area contributed by atoms with Crippen LogP contribution in [0.5, 0.6) is 0 Å². The van der Waals surface area contributed by atoms with Crippen molar-refractivity contribution in [3.63, 3.8) is 0 Å². The first-order valence-corrected chi connectivity index (χ1v) is 7.26. The van der Waals surface area contributed by atoms with Gasteiger partial charge in [-0.1, -0.05) is 26.2 Å². The molecule has 1 fully saturated rings. The molecule has 0 amide bonds. The van der Waals surface area contributed by atoms with Crippen LogP contribution in [0.25, 0.3) is 0 Å². The number of unbranched alkanes of at least 4 members (excludes halogenated alkanes) is 2. The lowest BCUT2D eigenvalue weighted by Crippen LogP contribution is -2.37. The van der Waals surface area contributed by atoms with E-state index in [9.17, 15) is 8.42 Å². The Morgan fingerprint density at radius 2 is 2.00 bits per heavy atom. The summed E-state index contributed by atoms with van der Waals surface area (Å²) >= 11 is 0. The molecule has 4 heteroatoms. The van der Waals surface area contributed by atoms with Crippen molar-refractivity contribution in [2.45, 2.75) is 56.7 Å². The van der Waals surface area contributed by atoms with E-state index in [4.69, 9.17) is 5.73 Å². The van der Waals surface area contributed by atoms with Gasteiger partial charge >= 0.3 is 0 Å². The van der Waals surface area contributed by atoms with E-state index >= 15 is 0 Å². The van der Waals surface area contributed by atoms with Crippen LogP contribution < -0.4 is 5.73 Å². The highest BCUT2D eigenvalue weighted by atomic mass is 32.2. The smallest absolute Gasteiger partial charge is 0.154 e. The van der Waals surface area contributed by atoms with E-state index < -0.39 is 9.84 Å². The van der Waals surface area contributed by atoms with Crippen LogP contribution in [0.3, 0.4) is 0 Å². The van der Waals surface area contributed by atoms with Crippen molar-refractivity contribution in [3.05, 3.63) is 0 Å². The van der Waals surface area contributed by atoms with E-state index in [1.54, 1.807) is 0 Å². The first-order chi connectivity index (χ1) is 6.58. The molecule has 14 heavy (non-hydrogen) atoms. The first kappa shape index (κ1) is 12.0. The first-order valence-electron chi connectivity index (χ1n) is 5.55. The Balaban J connectivity index is 2.47. The van der Waals surface area contributed by atoms with Gasteiger partial charge in [-0.25, -0.2) is 8.42 Å². The van der Waals surface area contributed by atoms with Gasteiger partial charge in [0.15, 0.2) is 9.84 Å². The molecule has 2 N–H and O–H groups in total. The summed E-state index contributed by atoms with van der Waals surface area (Å²) < 4.78 is 23.7. The van der Waals surface area contributed by atoms with Crippen LogP contribution in [0.2, 0.25) is 0 Å². The third kappa shape index (κ3) is 2.95. The van der Waals surface area contributed by atoms with Crippen molar-refractivity contribution in [1.29, 1.82) is 0 Å². The van der Waals surface area contributed by atoms with Crippen LogP contribution in [0, 0.1) is 0 Å². The van der Waals surface area contributed by atoms with E-state index in [0.29, 0.717) is 5.75 Å². The number of sulfone groups is 1. The summed E-state index contributed by atoms with van der Waals surface area (Å²) in [4.78, 5) is 0. The summed E-state index contributed by atoms with van der Waals surface area (Å²) in [7, 11) is -2.91. The fraction of sp³-hybridized carbons (Fsp3) is 1.00. The fourth-order valence-corrected chi connectivity index (χ4v) is 4.21. The van der Waals surface area contributed by atoms with Crippen molar-refractivity contribution in [2.75, 3.05) is 5.75 Å². The fourth-order valence-electron chi connectivity index (χ4n) is 2.11. The SMILES string of the molecule is CCCCCS(=O)(=O)C1CCCC1N. The quantitative estimate of drug-likeness (QED) is 0.712. The highest BCUT2D eigenvalue weighted by Gasteiger charge is 2.34. The van der Waals surface area contributed by atoms with E-state index in [-0.39, 0.29) is 11.3 Å². The molecule has 0 heterocycles. The van der Waals surface area contributed by atoms with Gasteiger partial charge in [0.05, 0.1) is 11.0 Å². The molecule has 0 bridgehead atoms. The zero-order chi connectivity index (χ0) is 10.6. The molecule has 2 atom stereocenters. The zero-order valence-electron chi connectivity index (χ0n) is 8.91. The third-order valence-electron chi connectivity index (χ3n) is 3.00. The van der Waals surface area contributed by atoms with Gasteiger partial charge in [-0.2, -0.15) is 0 Å². The van der Waals surface area contributed by atoms with Crippen molar-refractivity contribution >= 4 is 9.84 Å². The van der Waals surface area contributed by atoms with Gasteiger partial charge in [0.1, 0.15) is 0 Å². The van der Waals surface area contributed by atoms with Crippen molar-refractivity contribution in [2.24, 2.45) is 5.73 Å². The van der Waals surface area contributed by atoms with E-state index in [0.717, 1.165) is 38.5 Å². The molecule has 3 nitrogen and oxygen atoms in total. The molecule has 84 valence electrons. The zero-order valence-corrected chi connectivity index (χ0v) is 9.72.